The summed E-state index contributed by atoms with van der Waals surface area (Å²) in [6.45, 7) is 0.425. The summed E-state index contributed by atoms with van der Waals surface area (Å²) in [5.41, 5.74) is 7.39. The average Bonchev–Trinajstić information content (AvgIpc) is 2.91. The molecule has 2 N–H and O–H groups in total. The minimum Gasteiger partial charge on any atom is -0.545 e. The molecule has 0 bridgehead atoms. The third kappa shape index (κ3) is 10.5. The van der Waals surface area contributed by atoms with Gasteiger partial charge in [0.05, 0.1) is 40.4 Å². The summed E-state index contributed by atoms with van der Waals surface area (Å²) in [4.78, 5) is 16.0. The molecule has 10 heteroatoms. The second-order valence-electron chi connectivity index (χ2n) is 9.32. The van der Waals surface area contributed by atoms with Gasteiger partial charge in [-0.05, 0) is 79.4 Å². The van der Waals surface area contributed by atoms with E-state index in [1.54, 1.807) is 36.4 Å². The molecule has 1 unspecified atom stereocenters. The summed E-state index contributed by atoms with van der Waals surface area (Å²) >= 11 is 0. The molecule has 0 radical (unpaired) electrons. The fraction of sp³-hybridized carbons (Fsp3) is 0.333. The van der Waals surface area contributed by atoms with E-state index in [2.05, 4.69) is 4.98 Å². The van der Waals surface area contributed by atoms with E-state index in [4.69, 9.17) is 10.5 Å². The Labute approximate surface area is 234 Å². The summed E-state index contributed by atoms with van der Waals surface area (Å²) in [5, 5.41) is 10.9. The lowest BCUT2D eigenvalue weighted by Gasteiger charge is -2.11. The lowest BCUT2D eigenvalue weighted by molar-refractivity contribution is -0.297. The van der Waals surface area contributed by atoms with Crippen LogP contribution in [0.25, 0.3) is 6.08 Å². The summed E-state index contributed by atoms with van der Waals surface area (Å²) in [7, 11) is -1.38. The number of nitrogens with zero attached hydrogens (tertiary/aromatic N) is 1. The van der Waals surface area contributed by atoms with Crippen LogP contribution in [0.4, 0.5) is 18.9 Å². The second kappa shape index (κ2) is 15.2. The Balaban J connectivity index is 1.41. The number of nitrogen functional groups attached to an aromatic ring is 1. The third-order valence-electron chi connectivity index (χ3n) is 6.12. The molecule has 3 rings (SSSR count). The zero-order chi connectivity index (χ0) is 29.0. The number of ether oxygens (including phenoxy) is 1. The van der Waals surface area contributed by atoms with E-state index in [1.807, 2.05) is 0 Å². The van der Waals surface area contributed by atoms with Gasteiger partial charge in [0.2, 0.25) is 0 Å². The van der Waals surface area contributed by atoms with Gasteiger partial charge in [0.25, 0.3) is 0 Å². The van der Waals surface area contributed by atoms with Crippen molar-refractivity contribution in [2.45, 2.75) is 61.8 Å². The number of hydrogen-bond donors (Lipinski definition) is 1. The van der Waals surface area contributed by atoms with E-state index in [0.29, 0.717) is 34.3 Å². The number of pyridine rings is 1. The first-order valence-electron chi connectivity index (χ1n) is 13.0. The molecule has 40 heavy (non-hydrogen) atoms. The van der Waals surface area contributed by atoms with E-state index >= 15 is 0 Å². The molecule has 0 saturated heterocycles. The molecule has 2 aromatic carbocycles. The van der Waals surface area contributed by atoms with Crippen molar-refractivity contribution in [3.8, 4) is 5.75 Å². The maximum atomic E-state index is 12.7. The molecule has 0 fully saturated rings. The van der Waals surface area contributed by atoms with Gasteiger partial charge < -0.3 is 20.4 Å². The zero-order valence-electron chi connectivity index (χ0n) is 22.0. The predicted octanol–water partition coefficient (Wildman–Crippen LogP) is 5.72. The number of carbonyl (C=O) groups excluding carboxylic acids is 1. The number of carboxylic acid groups (broad SMARTS) is 1. The highest BCUT2D eigenvalue weighted by molar-refractivity contribution is 7.84. The number of aliphatic carboxylic acids is 1. The van der Waals surface area contributed by atoms with E-state index in [9.17, 15) is 27.3 Å². The number of alkyl halides is 3. The van der Waals surface area contributed by atoms with Crippen molar-refractivity contribution in [3.05, 3.63) is 89.3 Å². The van der Waals surface area contributed by atoms with Gasteiger partial charge in [0.15, 0.2) is 0 Å². The van der Waals surface area contributed by atoms with Crippen molar-refractivity contribution in [1.29, 1.82) is 0 Å². The third-order valence-corrected chi connectivity index (χ3v) is 7.46. The van der Waals surface area contributed by atoms with Gasteiger partial charge in [0, 0.05) is 10.6 Å². The second-order valence-corrected chi connectivity index (χ2v) is 10.8. The predicted molar refractivity (Wildman–Crippen MR) is 148 cm³/mol. The maximum absolute atomic E-state index is 12.7. The zero-order valence-corrected chi connectivity index (χ0v) is 22.8. The van der Waals surface area contributed by atoms with Crippen LogP contribution >= 0.6 is 0 Å². The molecule has 214 valence electrons. The lowest BCUT2D eigenvalue weighted by Crippen LogP contribution is -2.18. The summed E-state index contributed by atoms with van der Waals surface area (Å²) < 4.78 is 56.5. The standard InChI is InChI=1S/C30H33F3N2O4S/c31-30(32,33)23-13-11-22(12-14-23)8-5-3-1-2-4-6-19-39-28-17-15-25(35-27(28)16-18-29(36)37)21-40(38)26-10-7-9-24(34)20-26/h7,9-18,20H,1-6,8,19,21,34H2,(H,36,37)/p-1/b18-16+. The molecule has 3 aromatic rings. The molecular formula is C30H32F3N2O4S-. The number of carbonyl (C=O) groups is 1. The Bertz CT molecular complexity index is 1310. The largest absolute Gasteiger partial charge is 0.545 e. The number of anilines is 1. The fourth-order valence-electron chi connectivity index (χ4n) is 4.03. The van der Waals surface area contributed by atoms with Crippen LogP contribution in [-0.2, 0) is 33.9 Å². The van der Waals surface area contributed by atoms with E-state index < -0.39 is 28.5 Å². The molecule has 1 aromatic heterocycles. The van der Waals surface area contributed by atoms with Gasteiger partial charge in [-0.15, -0.1) is 0 Å². The van der Waals surface area contributed by atoms with Crippen molar-refractivity contribution in [3.63, 3.8) is 0 Å². The SMILES string of the molecule is Nc1cccc(S(=O)Cc2ccc(OCCCCCCCCc3ccc(C(F)(F)F)cc3)c(/C=C/C(=O)[O-])n2)c1. The molecule has 0 aliphatic rings. The first-order valence-corrected chi connectivity index (χ1v) is 14.4. The number of carboxylic acids is 1. The van der Waals surface area contributed by atoms with E-state index in [-0.39, 0.29) is 5.75 Å². The fourth-order valence-corrected chi connectivity index (χ4v) is 5.12. The molecular weight excluding hydrogens is 541 g/mol. The number of aromatic nitrogens is 1. The first-order chi connectivity index (χ1) is 19.1. The molecule has 0 saturated carbocycles. The van der Waals surface area contributed by atoms with Crippen LogP contribution in [0.2, 0.25) is 0 Å². The number of halogens is 3. The Morgan fingerprint density at radius 1 is 0.975 bits per heavy atom. The van der Waals surface area contributed by atoms with Crippen LogP contribution in [0.3, 0.4) is 0 Å². The van der Waals surface area contributed by atoms with Crippen molar-refractivity contribution in [1.82, 2.24) is 4.98 Å². The molecule has 0 spiro atoms. The highest BCUT2D eigenvalue weighted by atomic mass is 32.2. The van der Waals surface area contributed by atoms with Crippen molar-refractivity contribution in [2.75, 3.05) is 12.3 Å². The van der Waals surface area contributed by atoms with E-state index in [1.165, 1.54) is 18.2 Å². The monoisotopic (exact) mass is 573 g/mol. The molecule has 0 aliphatic heterocycles. The number of hydrogen-bond acceptors (Lipinski definition) is 6. The van der Waals surface area contributed by atoms with E-state index in [0.717, 1.165) is 68.7 Å². The van der Waals surface area contributed by atoms with Crippen LogP contribution < -0.4 is 15.6 Å². The number of nitrogens with two attached hydrogens (primary N) is 1. The van der Waals surface area contributed by atoms with Crippen LogP contribution in [0.1, 0.15) is 61.0 Å². The van der Waals surface area contributed by atoms with Gasteiger partial charge in [-0.3, -0.25) is 4.21 Å². The molecule has 1 heterocycles. The van der Waals surface area contributed by atoms with Gasteiger partial charge in [0.1, 0.15) is 11.4 Å². The topological polar surface area (TPSA) is 105 Å². The van der Waals surface area contributed by atoms with Gasteiger partial charge in [-0.2, -0.15) is 13.2 Å². The number of aryl methyl sites for hydroxylation is 1. The minimum absolute atomic E-state index is 0.134. The van der Waals surface area contributed by atoms with Crippen LogP contribution in [-0.4, -0.2) is 21.8 Å². The molecule has 1 atom stereocenters. The molecule has 0 amide bonds. The number of rotatable bonds is 15. The Morgan fingerprint density at radius 3 is 2.35 bits per heavy atom. The van der Waals surface area contributed by atoms with Gasteiger partial charge in [-0.25, -0.2) is 4.98 Å². The highest BCUT2D eigenvalue weighted by Gasteiger charge is 2.29. The van der Waals surface area contributed by atoms with Crippen molar-refractivity contribution < 1.29 is 32.0 Å². The van der Waals surface area contributed by atoms with Crippen molar-refractivity contribution in [2.24, 2.45) is 0 Å². The minimum atomic E-state index is -4.31. The Hall–Kier alpha value is -3.66. The van der Waals surface area contributed by atoms with Crippen LogP contribution in [0, 0.1) is 0 Å². The average molecular weight is 574 g/mol. The quantitative estimate of drug-likeness (QED) is 0.142. The van der Waals surface area contributed by atoms with Crippen molar-refractivity contribution >= 4 is 28.5 Å². The summed E-state index contributed by atoms with van der Waals surface area (Å²) in [6, 6.07) is 15.5. The molecule has 6 nitrogen and oxygen atoms in total. The van der Waals surface area contributed by atoms with Gasteiger partial charge in [-0.1, -0.05) is 43.9 Å². The normalized spacial score (nSPS) is 12.5. The summed E-state index contributed by atoms with van der Waals surface area (Å²) in [5.74, 6) is -0.804. The first kappa shape index (κ1) is 30.9. The number of unbranched alkanes of at least 4 members (excludes halogenated alkanes) is 5. The Kier molecular flexibility index (Phi) is 11.7. The maximum Gasteiger partial charge on any atom is 0.416 e. The number of benzene rings is 2. The van der Waals surface area contributed by atoms with Gasteiger partial charge >= 0.3 is 6.18 Å². The Morgan fingerprint density at radius 2 is 1.68 bits per heavy atom. The highest BCUT2D eigenvalue weighted by Crippen LogP contribution is 2.29. The molecule has 0 aliphatic carbocycles. The lowest BCUT2D eigenvalue weighted by atomic mass is 10.0. The van der Waals surface area contributed by atoms with Crippen LogP contribution in [0.5, 0.6) is 5.75 Å². The summed E-state index contributed by atoms with van der Waals surface area (Å²) in [6.07, 6.45) is 4.27. The smallest absolute Gasteiger partial charge is 0.416 e. The van der Waals surface area contributed by atoms with Crippen LogP contribution in [0.15, 0.2) is 71.6 Å².